The molecule has 1 atom stereocenters. The third-order valence-corrected chi connectivity index (χ3v) is 11.7. The van der Waals surface area contributed by atoms with Crippen LogP contribution < -0.4 is 20.1 Å². The first-order valence-electron chi connectivity index (χ1n) is 22.0. The van der Waals surface area contributed by atoms with Gasteiger partial charge in [-0.3, -0.25) is 28.9 Å². The number of ether oxygens (including phenoxy) is 5. The summed E-state index contributed by atoms with van der Waals surface area (Å²) in [6, 6.07) is 12.7. The molecule has 2 fully saturated rings. The zero-order valence-electron chi connectivity index (χ0n) is 37.2. The minimum Gasteiger partial charge on any atom is -0.495 e. The van der Waals surface area contributed by atoms with E-state index in [0.29, 0.717) is 88.0 Å². The molecule has 1 unspecified atom stereocenters. The lowest BCUT2D eigenvalue weighted by Crippen LogP contribution is -2.51. The first kappa shape index (κ1) is 49.3. The summed E-state index contributed by atoms with van der Waals surface area (Å²) >= 11 is 0. The molecule has 2 aromatic carbocycles. The second-order valence-electron chi connectivity index (χ2n) is 16.3. The van der Waals surface area contributed by atoms with Gasteiger partial charge < -0.3 is 39.2 Å². The number of imide groups is 1. The van der Waals surface area contributed by atoms with Crippen molar-refractivity contribution in [2.45, 2.75) is 63.7 Å². The molecule has 3 heterocycles. The fourth-order valence-corrected chi connectivity index (χ4v) is 7.90. The molecule has 1 saturated heterocycles. The van der Waals surface area contributed by atoms with Gasteiger partial charge in [0.2, 0.25) is 11.8 Å². The van der Waals surface area contributed by atoms with E-state index >= 15 is 0 Å². The predicted octanol–water partition coefficient (Wildman–Crippen LogP) is 5.92. The number of allylic oxidation sites excluding steroid dienone is 2. The summed E-state index contributed by atoms with van der Waals surface area (Å²) in [5, 5.41) is 5.48. The third-order valence-electron chi connectivity index (χ3n) is 11.7. The number of carbonyl (C=O) groups excluding carboxylic acids is 5. The highest BCUT2D eigenvalue weighted by atomic mass is 19.4. The van der Waals surface area contributed by atoms with Crippen molar-refractivity contribution < 1.29 is 60.8 Å². The van der Waals surface area contributed by atoms with Crippen LogP contribution in [-0.4, -0.2) is 123 Å². The van der Waals surface area contributed by atoms with Crippen molar-refractivity contribution in [2.75, 3.05) is 67.0 Å². The van der Waals surface area contributed by atoms with Crippen LogP contribution in [0, 0.1) is 11.8 Å². The van der Waals surface area contributed by atoms with E-state index in [1.54, 1.807) is 30.2 Å². The number of fused-ring (bicyclic) bond motifs is 1. The lowest BCUT2D eigenvalue weighted by molar-refractivity contribution is -0.183. The van der Waals surface area contributed by atoms with E-state index in [4.69, 9.17) is 23.7 Å². The Balaban J connectivity index is 0.810. The van der Waals surface area contributed by atoms with Crippen LogP contribution in [0.15, 0.2) is 73.1 Å². The molecule has 0 bridgehead atoms. The molecule has 2 N–H and O–H groups in total. The Bertz CT molecular complexity index is 2260. The number of rotatable bonds is 22. The van der Waals surface area contributed by atoms with Crippen LogP contribution in [0.5, 0.6) is 11.5 Å². The number of benzene rings is 2. The Morgan fingerprint density at radius 2 is 1.58 bits per heavy atom. The number of nitrogens with one attached hydrogen (secondary N) is 2. The number of pyridine rings is 1. The highest BCUT2D eigenvalue weighted by molar-refractivity contribution is 6.23. The van der Waals surface area contributed by atoms with Crippen LogP contribution >= 0.6 is 0 Å². The number of amides is 5. The zero-order valence-corrected chi connectivity index (χ0v) is 37.2. The topological polar surface area (TPSA) is 175 Å². The van der Waals surface area contributed by atoms with E-state index in [9.17, 15) is 37.1 Å². The minimum absolute atomic E-state index is 0.00451. The molecule has 1 aromatic heterocycles. The van der Waals surface area contributed by atoms with Crippen LogP contribution in [0.3, 0.4) is 0 Å². The van der Waals surface area contributed by atoms with Gasteiger partial charge in [0.05, 0.1) is 76.4 Å². The molecule has 2 aliphatic heterocycles. The van der Waals surface area contributed by atoms with Gasteiger partial charge >= 0.3 is 6.18 Å². The monoisotopic (exact) mass is 919 g/mol. The number of piperidine rings is 1. The highest BCUT2D eigenvalue weighted by Gasteiger charge is 2.44. The minimum atomic E-state index is -4.16. The molecule has 0 spiro atoms. The standard InChI is InChI=1S/C48H56F3N5O10/c1-31-7-16-41(45(59)54-31)56-46(60)38-15-14-37(28-39(38)47(56)61)66-24-23-65-22-21-64-20-19-63-18-17-55(2)43(57)26-33-5-4-6-34(25-33)29-53-44(58)40-27-35(42(62-3)30-52-40)11-8-32-9-12-36(13-10-32)48(49,50)51/h4-6,8,11,14-15,25,27-28,30,32,36,41H,1,7,9-10,12-13,16-24,26,29H2,2-3H3,(H,53,58)(H,54,59)/b11-8+/t32-,36-,41?. The van der Waals surface area contributed by atoms with Gasteiger partial charge in [-0.2, -0.15) is 13.2 Å². The van der Waals surface area contributed by atoms with Crippen molar-refractivity contribution in [3.05, 3.63) is 107 Å². The van der Waals surface area contributed by atoms with Crippen LogP contribution in [0.2, 0.25) is 0 Å². The summed E-state index contributed by atoms with van der Waals surface area (Å²) in [4.78, 5) is 71.3. The Kier molecular flexibility index (Phi) is 17.5. The number of nitrogens with zero attached hydrogens (tertiary/aromatic N) is 3. The number of aromatic nitrogens is 1. The summed E-state index contributed by atoms with van der Waals surface area (Å²) in [6.07, 6.45) is 2.98. The van der Waals surface area contributed by atoms with Crippen LogP contribution in [0.1, 0.15) is 86.4 Å². The van der Waals surface area contributed by atoms with Gasteiger partial charge in [0.15, 0.2) is 0 Å². The first-order valence-corrected chi connectivity index (χ1v) is 22.0. The SMILES string of the molecule is C=C1CCC(N2C(=O)c3ccc(OCCOCCOCCOCCN(C)C(=O)Cc4cccc(CNC(=O)c5cc(/C=C/[C@H]6CC[C@H](C(F)(F)F)CC6)c(OC)cn5)c4)cc3C2=O)C(=O)N1. The average molecular weight is 920 g/mol. The molecule has 15 nitrogen and oxygen atoms in total. The lowest BCUT2D eigenvalue weighted by atomic mass is 9.81. The molecular weight excluding hydrogens is 864 g/mol. The number of likely N-dealkylation sites (N-methyl/N-ethyl adjacent to an activating group) is 1. The summed E-state index contributed by atoms with van der Waals surface area (Å²) in [7, 11) is 3.18. The normalized spacial score (nSPS) is 18.6. The molecule has 1 aliphatic carbocycles. The summed E-state index contributed by atoms with van der Waals surface area (Å²) in [6.45, 7) is 6.41. The molecule has 66 heavy (non-hydrogen) atoms. The number of halogens is 3. The van der Waals surface area contributed by atoms with Gasteiger partial charge in [0.25, 0.3) is 17.7 Å². The maximum atomic E-state index is 13.1. The van der Waals surface area contributed by atoms with E-state index in [2.05, 4.69) is 22.2 Å². The lowest BCUT2D eigenvalue weighted by Gasteiger charge is -2.29. The maximum Gasteiger partial charge on any atom is 0.391 e. The third kappa shape index (κ3) is 13.5. The van der Waals surface area contributed by atoms with Crippen LogP contribution in [-0.2, 0) is 36.8 Å². The molecular formula is C48H56F3N5O10. The fourth-order valence-electron chi connectivity index (χ4n) is 7.90. The van der Waals surface area contributed by atoms with Gasteiger partial charge in [0.1, 0.15) is 29.8 Å². The summed E-state index contributed by atoms with van der Waals surface area (Å²) in [5.74, 6) is -2.38. The van der Waals surface area contributed by atoms with Gasteiger partial charge in [-0.1, -0.05) is 43.0 Å². The first-order chi connectivity index (χ1) is 31.7. The highest BCUT2D eigenvalue weighted by Crippen LogP contribution is 2.40. The second-order valence-corrected chi connectivity index (χ2v) is 16.3. The smallest absolute Gasteiger partial charge is 0.391 e. The number of methoxy groups -OCH3 is 1. The van der Waals surface area contributed by atoms with Gasteiger partial charge in [-0.05, 0) is 79.8 Å². The van der Waals surface area contributed by atoms with Gasteiger partial charge in [-0.15, -0.1) is 0 Å². The predicted molar refractivity (Wildman–Crippen MR) is 235 cm³/mol. The van der Waals surface area contributed by atoms with Crippen LogP contribution in [0.25, 0.3) is 6.08 Å². The van der Waals surface area contributed by atoms with E-state index in [-0.39, 0.29) is 67.7 Å². The van der Waals surface area contributed by atoms with Gasteiger partial charge in [-0.25, -0.2) is 4.98 Å². The van der Waals surface area contributed by atoms with Crippen molar-refractivity contribution in [3.8, 4) is 11.5 Å². The summed E-state index contributed by atoms with van der Waals surface area (Å²) < 4.78 is 67.1. The van der Waals surface area contributed by atoms with E-state index in [0.717, 1.165) is 16.0 Å². The molecule has 0 radical (unpaired) electrons. The second kappa shape index (κ2) is 23.4. The Labute approximate surface area is 381 Å². The average Bonchev–Trinajstić information content (AvgIpc) is 3.54. The summed E-state index contributed by atoms with van der Waals surface area (Å²) in [5.41, 5.74) is 3.32. The Hall–Kier alpha value is -6.11. The molecule has 6 rings (SSSR count). The molecule has 354 valence electrons. The molecule has 3 aromatic rings. The van der Waals surface area contributed by atoms with Gasteiger partial charge in [0, 0.05) is 31.4 Å². The molecule has 3 aliphatic rings. The molecule has 18 heteroatoms. The van der Waals surface area contributed by atoms with E-state index in [1.807, 2.05) is 30.3 Å². The Morgan fingerprint density at radius 3 is 2.27 bits per heavy atom. The van der Waals surface area contributed by atoms with Crippen molar-refractivity contribution in [1.82, 2.24) is 25.4 Å². The molecule has 1 saturated carbocycles. The van der Waals surface area contributed by atoms with Crippen molar-refractivity contribution in [3.63, 3.8) is 0 Å². The zero-order chi connectivity index (χ0) is 47.2. The number of carbonyl (C=O) groups is 5. The Morgan fingerprint density at radius 1 is 0.894 bits per heavy atom. The fraction of sp³-hybridized carbons (Fsp3) is 0.458. The number of hydrogen-bond donors (Lipinski definition) is 2. The van der Waals surface area contributed by atoms with Crippen LogP contribution in [0.4, 0.5) is 13.2 Å². The number of hydrogen-bond acceptors (Lipinski definition) is 11. The van der Waals surface area contributed by atoms with E-state index < -0.39 is 41.8 Å². The molecule has 5 amide bonds. The van der Waals surface area contributed by atoms with Crippen molar-refractivity contribution in [2.24, 2.45) is 11.8 Å². The van der Waals surface area contributed by atoms with Crippen molar-refractivity contribution in [1.29, 1.82) is 0 Å². The maximum absolute atomic E-state index is 13.1. The largest absolute Gasteiger partial charge is 0.495 e. The van der Waals surface area contributed by atoms with Crippen molar-refractivity contribution >= 4 is 35.6 Å². The quantitative estimate of drug-likeness (QED) is 0.0905. The number of alkyl halides is 3. The van der Waals surface area contributed by atoms with E-state index in [1.165, 1.54) is 25.4 Å².